The highest BCUT2D eigenvalue weighted by Crippen LogP contribution is 2.51. The van der Waals surface area contributed by atoms with Crippen LogP contribution in [-0.4, -0.2) is 20.2 Å². The van der Waals surface area contributed by atoms with Crippen LogP contribution in [0.15, 0.2) is 18.2 Å². The van der Waals surface area contributed by atoms with Crippen molar-refractivity contribution in [1.82, 2.24) is 0 Å². The summed E-state index contributed by atoms with van der Waals surface area (Å²) in [6.45, 7) is 2.00. The zero-order valence-corrected chi connectivity index (χ0v) is 11.7. The molecule has 1 aliphatic rings. The van der Waals surface area contributed by atoms with Crippen molar-refractivity contribution in [2.24, 2.45) is 11.1 Å². The number of aryl methyl sites for hydroxylation is 1. The van der Waals surface area contributed by atoms with Crippen LogP contribution in [0.3, 0.4) is 0 Å². The fourth-order valence-corrected chi connectivity index (χ4v) is 2.80. The molecule has 104 valence electrons. The summed E-state index contributed by atoms with van der Waals surface area (Å²) in [5.41, 5.74) is 7.77. The highest BCUT2D eigenvalue weighted by atomic mass is 16.5. The number of hydrogen-bond acceptors (Lipinski definition) is 4. The molecule has 1 aliphatic carbocycles. The SMILES string of the molecule is COC(=O)C1(C(N)c2cc(C)ccc2OC)CCC1. The van der Waals surface area contributed by atoms with Gasteiger partial charge in [-0.3, -0.25) is 4.79 Å². The third kappa shape index (κ3) is 2.21. The lowest BCUT2D eigenvalue weighted by molar-refractivity contribution is -0.160. The lowest BCUT2D eigenvalue weighted by atomic mass is 9.62. The highest BCUT2D eigenvalue weighted by Gasteiger charge is 2.51. The predicted octanol–water partition coefficient (Wildman–Crippen LogP) is 2.35. The van der Waals surface area contributed by atoms with Crippen molar-refractivity contribution < 1.29 is 14.3 Å². The van der Waals surface area contributed by atoms with E-state index in [9.17, 15) is 4.79 Å². The van der Waals surface area contributed by atoms with E-state index in [0.717, 1.165) is 36.1 Å². The average Bonchev–Trinajstić information content (AvgIpc) is 2.36. The maximum absolute atomic E-state index is 12.1. The number of carbonyl (C=O) groups excluding carboxylic acids is 1. The standard InChI is InChI=1S/C15H21NO3/c1-10-5-6-12(18-2)11(9-10)13(16)15(7-4-8-15)14(17)19-3/h5-6,9,13H,4,7-8,16H2,1-3H3. The van der Waals surface area contributed by atoms with Crippen LogP contribution in [0.1, 0.15) is 36.4 Å². The van der Waals surface area contributed by atoms with Crippen LogP contribution in [-0.2, 0) is 9.53 Å². The van der Waals surface area contributed by atoms with Crippen LogP contribution < -0.4 is 10.5 Å². The number of nitrogens with two attached hydrogens (primary N) is 1. The summed E-state index contributed by atoms with van der Waals surface area (Å²) in [6.07, 6.45) is 2.56. The van der Waals surface area contributed by atoms with Gasteiger partial charge in [-0.15, -0.1) is 0 Å². The van der Waals surface area contributed by atoms with Gasteiger partial charge in [0.25, 0.3) is 0 Å². The van der Waals surface area contributed by atoms with Gasteiger partial charge in [0.1, 0.15) is 5.75 Å². The van der Waals surface area contributed by atoms with E-state index in [0.29, 0.717) is 0 Å². The molecule has 4 heteroatoms. The van der Waals surface area contributed by atoms with Gasteiger partial charge in [-0.25, -0.2) is 0 Å². The lowest BCUT2D eigenvalue weighted by Crippen LogP contribution is -2.47. The summed E-state index contributed by atoms with van der Waals surface area (Å²) >= 11 is 0. The quantitative estimate of drug-likeness (QED) is 0.847. The molecule has 1 aromatic rings. The lowest BCUT2D eigenvalue weighted by Gasteiger charge is -2.43. The number of ether oxygens (including phenoxy) is 2. The van der Waals surface area contributed by atoms with Gasteiger partial charge in [0.2, 0.25) is 0 Å². The molecule has 1 saturated carbocycles. The summed E-state index contributed by atoms with van der Waals surface area (Å²) in [5.74, 6) is 0.517. The monoisotopic (exact) mass is 263 g/mol. The van der Waals surface area contributed by atoms with Gasteiger partial charge >= 0.3 is 5.97 Å². The topological polar surface area (TPSA) is 61.5 Å². The Bertz CT molecular complexity index is 480. The average molecular weight is 263 g/mol. The molecule has 0 aliphatic heterocycles. The highest BCUT2D eigenvalue weighted by molar-refractivity contribution is 5.79. The number of methoxy groups -OCH3 is 2. The Hall–Kier alpha value is -1.55. The van der Waals surface area contributed by atoms with Crippen LogP contribution in [0.2, 0.25) is 0 Å². The van der Waals surface area contributed by atoms with Gasteiger partial charge in [-0.2, -0.15) is 0 Å². The van der Waals surface area contributed by atoms with Gasteiger partial charge in [0.05, 0.1) is 19.6 Å². The first kappa shape index (κ1) is 13.9. The molecule has 0 aromatic heterocycles. The zero-order valence-electron chi connectivity index (χ0n) is 11.7. The van der Waals surface area contributed by atoms with Crippen LogP contribution in [0.4, 0.5) is 0 Å². The van der Waals surface area contributed by atoms with Crippen LogP contribution in [0.25, 0.3) is 0 Å². The number of carbonyl (C=O) groups is 1. The minimum atomic E-state index is -0.587. The molecule has 0 heterocycles. The van der Waals surface area contributed by atoms with E-state index in [2.05, 4.69) is 0 Å². The predicted molar refractivity (Wildman–Crippen MR) is 73.0 cm³/mol. The van der Waals surface area contributed by atoms with Crippen LogP contribution in [0.5, 0.6) is 5.75 Å². The first-order valence-corrected chi connectivity index (χ1v) is 6.53. The molecule has 0 amide bonds. The minimum Gasteiger partial charge on any atom is -0.496 e. The van der Waals surface area contributed by atoms with Crippen molar-refractivity contribution in [1.29, 1.82) is 0 Å². The number of hydrogen-bond donors (Lipinski definition) is 1. The number of esters is 1. The van der Waals surface area contributed by atoms with Crippen molar-refractivity contribution in [3.63, 3.8) is 0 Å². The fraction of sp³-hybridized carbons (Fsp3) is 0.533. The van der Waals surface area contributed by atoms with Gasteiger partial charge in [0.15, 0.2) is 0 Å². The van der Waals surface area contributed by atoms with Gasteiger partial charge in [-0.1, -0.05) is 24.1 Å². The molecule has 2 N–H and O–H groups in total. The molecule has 1 atom stereocenters. The molecule has 1 unspecified atom stereocenters. The first-order valence-electron chi connectivity index (χ1n) is 6.53. The van der Waals surface area contributed by atoms with Crippen molar-refractivity contribution in [2.75, 3.05) is 14.2 Å². The van der Waals surface area contributed by atoms with Gasteiger partial charge in [0, 0.05) is 11.6 Å². The summed E-state index contributed by atoms with van der Waals surface area (Å²) in [5, 5.41) is 0. The molecule has 4 nitrogen and oxygen atoms in total. The summed E-state index contributed by atoms with van der Waals surface area (Å²) in [6, 6.07) is 5.48. The smallest absolute Gasteiger partial charge is 0.313 e. The Morgan fingerprint density at radius 2 is 2.05 bits per heavy atom. The molecule has 0 radical (unpaired) electrons. The molecule has 1 fully saturated rings. The fourth-order valence-electron chi connectivity index (χ4n) is 2.80. The Morgan fingerprint density at radius 1 is 1.37 bits per heavy atom. The van der Waals surface area contributed by atoms with Gasteiger partial charge in [-0.05, 0) is 25.8 Å². The Balaban J connectivity index is 2.40. The second-order valence-corrected chi connectivity index (χ2v) is 5.22. The van der Waals surface area contributed by atoms with Crippen LogP contribution >= 0.6 is 0 Å². The molecule has 0 spiro atoms. The largest absolute Gasteiger partial charge is 0.496 e. The summed E-state index contributed by atoms with van der Waals surface area (Å²) in [7, 11) is 3.04. The van der Waals surface area contributed by atoms with E-state index in [4.69, 9.17) is 15.2 Å². The Labute approximate surface area is 113 Å². The molecular weight excluding hydrogens is 242 g/mol. The number of rotatable bonds is 4. The van der Waals surface area contributed by atoms with E-state index < -0.39 is 5.41 Å². The molecule has 19 heavy (non-hydrogen) atoms. The first-order chi connectivity index (χ1) is 9.05. The molecule has 0 saturated heterocycles. The van der Waals surface area contributed by atoms with Crippen LogP contribution in [0, 0.1) is 12.3 Å². The second kappa shape index (κ2) is 5.21. The summed E-state index contributed by atoms with van der Waals surface area (Å²) < 4.78 is 10.3. The maximum Gasteiger partial charge on any atom is 0.313 e. The third-order valence-corrected chi connectivity index (χ3v) is 4.15. The normalized spacial score (nSPS) is 18.3. The van der Waals surface area contributed by atoms with E-state index in [1.54, 1.807) is 7.11 Å². The van der Waals surface area contributed by atoms with E-state index in [1.165, 1.54) is 7.11 Å². The molecule has 0 bridgehead atoms. The van der Waals surface area contributed by atoms with E-state index in [-0.39, 0.29) is 12.0 Å². The molecular formula is C15H21NO3. The van der Waals surface area contributed by atoms with Crippen molar-refractivity contribution in [3.05, 3.63) is 29.3 Å². The Kier molecular flexibility index (Phi) is 3.80. The van der Waals surface area contributed by atoms with Crippen molar-refractivity contribution in [2.45, 2.75) is 32.2 Å². The zero-order chi connectivity index (χ0) is 14.0. The molecule has 2 rings (SSSR count). The second-order valence-electron chi connectivity index (χ2n) is 5.22. The Morgan fingerprint density at radius 3 is 2.53 bits per heavy atom. The molecule has 1 aromatic carbocycles. The number of benzene rings is 1. The van der Waals surface area contributed by atoms with E-state index >= 15 is 0 Å². The maximum atomic E-state index is 12.1. The van der Waals surface area contributed by atoms with Gasteiger partial charge < -0.3 is 15.2 Å². The minimum absolute atomic E-state index is 0.213. The third-order valence-electron chi connectivity index (χ3n) is 4.15. The van der Waals surface area contributed by atoms with Crippen molar-refractivity contribution >= 4 is 5.97 Å². The van der Waals surface area contributed by atoms with Crippen molar-refractivity contribution in [3.8, 4) is 5.75 Å². The summed E-state index contributed by atoms with van der Waals surface area (Å²) in [4.78, 5) is 12.1. The van der Waals surface area contributed by atoms with E-state index in [1.807, 2.05) is 25.1 Å².